The van der Waals surface area contributed by atoms with Crippen LogP contribution in [0.25, 0.3) is 21.3 Å². The van der Waals surface area contributed by atoms with E-state index in [4.69, 9.17) is 33.3 Å². The smallest absolute Gasteiger partial charge is 0.269 e. The summed E-state index contributed by atoms with van der Waals surface area (Å²) in [5, 5.41) is 9.37. The second-order valence-electron chi connectivity index (χ2n) is 6.26. The minimum Gasteiger partial charge on any atom is -0.454 e. The molecule has 6 nitrogen and oxygen atoms in total. The first kappa shape index (κ1) is 19.3. The zero-order chi connectivity index (χ0) is 20.7. The highest BCUT2D eigenvalue weighted by atomic mass is 35.5. The fraction of sp³-hybridized carbons (Fsp3) is 0.0500. The number of thiazole rings is 1. The zero-order valence-electron chi connectivity index (χ0n) is 15.1. The van der Waals surface area contributed by atoms with Crippen LogP contribution in [0.3, 0.4) is 0 Å². The average Bonchev–Trinajstić information content (AvgIpc) is 3.46. The van der Waals surface area contributed by atoms with Gasteiger partial charge in [0, 0.05) is 27.1 Å². The Kier molecular flexibility index (Phi) is 5.03. The third-order valence-corrected chi connectivity index (χ3v) is 6.97. The molecule has 0 atom stereocenters. The number of thiocarbonyl (C=S) groups is 1. The summed E-state index contributed by atoms with van der Waals surface area (Å²) in [6.07, 6.45) is 0. The normalized spacial score (nSPS) is 12.2. The lowest BCUT2D eigenvalue weighted by Crippen LogP contribution is -2.33. The molecule has 30 heavy (non-hydrogen) atoms. The molecule has 1 aliphatic rings. The van der Waals surface area contributed by atoms with Crippen LogP contribution in [0, 0.1) is 0 Å². The van der Waals surface area contributed by atoms with Crippen LogP contribution in [0.15, 0.2) is 47.8 Å². The van der Waals surface area contributed by atoms with Crippen LogP contribution in [0.4, 0.5) is 5.13 Å². The maximum atomic E-state index is 12.7. The fourth-order valence-electron chi connectivity index (χ4n) is 2.96. The summed E-state index contributed by atoms with van der Waals surface area (Å²) in [5.74, 6) is 0.868. The van der Waals surface area contributed by atoms with E-state index < -0.39 is 0 Å². The van der Waals surface area contributed by atoms with Gasteiger partial charge < -0.3 is 14.8 Å². The van der Waals surface area contributed by atoms with Crippen LogP contribution in [0.2, 0.25) is 5.02 Å². The predicted molar refractivity (Wildman–Crippen MR) is 124 cm³/mol. The summed E-state index contributed by atoms with van der Waals surface area (Å²) in [4.78, 5) is 17.6. The number of anilines is 1. The molecule has 0 spiro atoms. The molecule has 10 heteroatoms. The van der Waals surface area contributed by atoms with E-state index in [0.717, 1.165) is 21.3 Å². The van der Waals surface area contributed by atoms with Gasteiger partial charge in [-0.2, -0.15) is 0 Å². The van der Waals surface area contributed by atoms with Crippen molar-refractivity contribution in [3.05, 3.63) is 57.7 Å². The Hall–Kier alpha value is -2.72. The third kappa shape index (κ3) is 3.61. The zero-order valence-corrected chi connectivity index (χ0v) is 18.3. The van der Waals surface area contributed by atoms with Crippen molar-refractivity contribution >= 4 is 72.7 Å². The SMILES string of the molecule is O=C(NC(=S)Nc1nc(-c2ccccc2)cs1)c1sc2cc3c(cc2c1Cl)OCO3. The van der Waals surface area contributed by atoms with Crippen molar-refractivity contribution in [2.24, 2.45) is 0 Å². The van der Waals surface area contributed by atoms with Crippen LogP contribution < -0.4 is 20.1 Å². The highest BCUT2D eigenvalue weighted by Gasteiger charge is 2.22. The summed E-state index contributed by atoms with van der Waals surface area (Å²) < 4.78 is 11.6. The van der Waals surface area contributed by atoms with Gasteiger partial charge in [-0.3, -0.25) is 10.1 Å². The van der Waals surface area contributed by atoms with Gasteiger partial charge >= 0.3 is 0 Å². The number of fused-ring (bicyclic) bond motifs is 2. The maximum Gasteiger partial charge on any atom is 0.269 e. The Balaban J connectivity index is 1.30. The number of thiophene rings is 1. The van der Waals surface area contributed by atoms with Crippen LogP contribution >= 0.6 is 46.5 Å². The lowest BCUT2D eigenvalue weighted by atomic mass is 10.2. The van der Waals surface area contributed by atoms with Crippen LogP contribution in [-0.4, -0.2) is 22.8 Å². The van der Waals surface area contributed by atoms with Gasteiger partial charge in [0.15, 0.2) is 21.7 Å². The van der Waals surface area contributed by atoms with Crippen molar-refractivity contribution in [2.75, 3.05) is 12.1 Å². The average molecular weight is 474 g/mol. The maximum absolute atomic E-state index is 12.7. The van der Waals surface area contributed by atoms with E-state index in [1.165, 1.54) is 22.7 Å². The van der Waals surface area contributed by atoms with Gasteiger partial charge in [0.05, 0.1) is 10.7 Å². The molecule has 2 aromatic heterocycles. The number of carbonyl (C=O) groups is 1. The molecule has 0 bridgehead atoms. The van der Waals surface area contributed by atoms with Crippen molar-refractivity contribution in [1.29, 1.82) is 0 Å². The molecule has 1 amide bonds. The minimum atomic E-state index is -0.388. The molecule has 5 rings (SSSR count). The summed E-state index contributed by atoms with van der Waals surface area (Å²) in [7, 11) is 0. The number of hydrogen-bond acceptors (Lipinski definition) is 7. The van der Waals surface area contributed by atoms with Gasteiger partial charge in [-0.05, 0) is 18.3 Å². The molecule has 2 N–H and O–H groups in total. The van der Waals surface area contributed by atoms with E-state index in [2.05, 4.69) is 15.6 Å². The van der Waals surface area contributed by atoms with Gasteiger partial charge in [0.25, 0.3) is 5.91 Å². The molecule has 0 radical (unpaired) electrons. The monoisotopic (exact) mass is 473 g/mol. The Morgan fingerprint density at radius 1 is 1.17 bits per heavy atom. The number of amides is 1. The Labute approximate surface area is 189 Å². The molecule has 2 aromatic carbocycles. The van der Waals surface area contributed by atoms with Crippen molar-refractivity contribution in [3.63, 3.8) is 0 Å². The van der Waals surface area contributed by atoms with Gasteiger partial charge in [-0.1, -0.05) is 41.9 Å². The van der Waals surface area contributed by atoms with Crippen LogP contribution in [-0.2, 0) is 0 Å². The first-order valence-electron chi connectivity index (χ1n) is 8.73. The van der Waals surface area contributed by atoms with Crippen molar-refractivity contribution in [3.8, 4) is 22.8 Å². The molecule has 0 unspecified atom stereocenters. The number of carbonyl (C=O) groups excluding carboxylic acids is 1. The van der Waals surface area contributed by atoms with E-state index in [-0.39, 0.29) is 17.8 Å². The summed E-state index contributed by atoms with van der Waals surface area (Å²) in [6.45, 7) is 0.181. The molecule has 1 aliphatic heterocycles. The second-order valence-corrected chi connectivity index (χ2v) is 8.96. The molecule has 0 saturated heterocycles. The highest BCUT2D eigenvalue weighted by Crippen LogP contribution is 2.43. The van der Waals surface area contributed by atoms with Gasteiger partial charge in [0.2, 0.25) is 6.79 Å². The molecule has 0 saturated carbocycles. The standard InChI is InChI=1S/C20H12ClN3O3S3/c21-16-11-6-13-14(27-9-26-13)7-15(11)30-17(16)18(25)23-19(28)24-20-22-12(8-29-20)10-4-2-1-3-5-10/h1-8H,9H2,(H2,22,23,24,25,28). The van der Waals surface area contributed by atoms with Crippen molar-refractivity contribution in [2.45, 2.75) is 0 Å². The third-order valence-electron chi connectivity index (χ3n) is 4.35. The summed E-state index contributed by atoms with van der Waals surface area (Å²) in [5.41, 5.74) is 1.84. The Morgan fingerprint density at radius 3 is 2.73 bits per heavy atom. The number of hydrogen-bond donors (Lipinski definition) is 2. The number of benzene rings is 2. The summed E-state index contributed by atoms with van der Waals surface area (Å²) >= 11 is 14.4. The summed E-state index contributed by atoms with van der Waals surface area (Å²) in [6, 6.07) is 13.4. The fourth-order valence-corrected chi connectivity index (χ4v) is 5.36. The molecular weight excluding hydrogens is 462 g/mol. The number of nitrogens with one attached hydrogen (secondary N) is 2. The van der Waals surface area contributed by atoms with Crippen LogP contribution in [0.5, 0.6) is 11.5 Å². The lowest BCUT2D eigenvalue weighted by molar-refractivity contribution is 0.0982. The van der Waals surface area contributed by atoms with E-state index in [1.807, 2.05) is 41.8 Å². The van der Waals surface area contributed by atoms with Gasteiger partial charge in [-0.25, -0.2) is 4.98 Å². The quantitative estimate of drug-likeness (QED) is 0.381. The number of rotatable bonds is 3. The van der Waals surface area contributed by atoms with Crippen molar-refractivity contribution in [1.82, 2.24) is 10.3 Å². The Morgan fingerprint density at radius 2 is 1.93 bits per heavy atom. The minimum absolute atomic E-state index is 0.150. The van der Waals surface area contributed by atoms with Crippen molar-refractivity contribution < 1.29 is 14.3 Å². The highest BCUT2D eigenvalue weighted by molar-refractivity contribution is 7.80. The van der Waals surface area contributed by atoms with E-state index in [0.29, 0.717) is 26.5 Å². The second kappa shape index (κ2) is 7.84. The topological polar surface area (TPSA) is 72.5 Å². The van der Waals surface area contributed by atoms with E-state index in [1.54, 1.807) is 6.07 Å². The molecular formula is C20H12ClN3O3S3. The van der Waals surface area contributed by atoms with Crippen LogP contribution in [0.1, 0.15) is 9.67 Å². The van der Waals surface area contributed by atoms with E-state index >= 15 is 0 Å². The first-order chi connectivity index (χ1) is 14.6. The Bertz CT molecular complexity index is 1290. The molecule has 0 fully saturated rings. The molecule has 150 valence electrons. The lowest BCUT2D eigenvalue weighted by Gasteiger charge is -2.06. The van der Waals surface area contributed by atoms with Gasteiger partial charge in [-0.15, -0.1) is 22.7 Å². The number of nitrogens with zero attached hydrogens (tertiary/aromatic N) is 1. The number of aromatic nitrogens is 1. The number of ether oxygens (including phenoxy) is 2. The molecule has 3 heterocycles. The van der Waals surface area contributed by atoms with E-state index in [9.17, 15) is 4.79 Å². The predicted octanol–water partition coefficient (Wildman–Crippen LogP) is 5.53. The first-order valence-corrected chi connectivity index (χ1v) is 11.2. The van der Waals surface area contributed by atoms with Gasteiger partial charge in [0.1, 0.15) is 4.88 Å². The largest absolute Gasteiger partial charge is 0.454 e. The molecule has 4 aromatic rings. The molecule has 0 aliphatic carbocycles. The number of halogens is 1.